The highest BCUT2D eigenvalue weighted by Gasteiger charge is 2.31. The lowest BCUT2D eigenvalue weighted by Crippen LogP contribution is -2.58. The number of carbonyl (C=O) groups is 4. The quantitative estimate of drug-likeness (QED) is 0.316. The summed E-state index contributed by atoms with van der Waals surface area (Å²) in [5, 5.41) is 17.1. The smallest absolute Gasteiger partial charge is 0.326 e. The van der Waals surface area contributed by atoms with E-state index in [2.05, 4.69) is 16.0 Å². The number of amides is 3. The molecule has 0 radical (unpaired) electrons. The second kappa shape index (κ2) is 12.4. The third kappa shape index (κ3) is 9.25. The van der Waals surface area contributed by atoms with Crippen molar-refractivity contribution < 1.29 is 24.3 Å². The number of rotatable bonds is 12. The topological polar surface area (TPSA) is 151 Å². The van der Waals surface area contributed by atoms with Gasteiger partial charge in [-0.25, -0.2) is 4.79 Å². The lowest BCUT2D eigenvalue weighted by Gasteiger charge is -2.27. The fourth-order valence-corrected chi connectivity index (χ4v) is 2.61. The van der Waals surface area contributed by atoms with Crippen molar-refractivity contribution in [1.29, 1.82) is 0 Å². The molecule has 0 aromatic rings. The minimum absolute atomic E-state index is 0.0773. The van der Waals surface area contributed by atoms with Crippen LogP contribution in [0.25, 0.3) is 0 Å². The Morgan fingerprint density at radius 2 is 1.41 bits per heavy atom. The molecule has 0 saturated heterocycles. The highest BCUT2D eigenvalue weighted by Crippen LogP contribution is 2.11. The number of nitrogens with one attached hydrogen (secondary N) is 3. The van der Waals surface area contributed by atoms with Gasteiger partial charge in [0, 0.05) is 0 Å². The van der Waals surface area contributed by atoms with Crippen LogP contribution < -0.4 is 21.7 Å². The average Bonchev–Trinajstić information content (AvgIpc) is 2.62. The van der Waals surface area contributed by atoms with Crippen molar-refractivity contribution in [3.8, 4) is 0 Å². The van der Waals surface area contributed by atoms with Gasteiger partial charge < -0.3 is 26.8 Å². The number of hydrogen-bond acceptors (Lipinski definition) is 5. The van der Waals surface area contributed by atoms with Crippen molar-refractivity contribution in [2.45, 2.75) is 85.5 Å². The van der Waals surface area contributed by atoms with E-state index >= 15 is 0 Å². The number of hydrogen-bond donors (Lipinski definition) is 5. The van der Waals surface area contributed by atoms with Gasteiger partial charge in [-0.3, -0.25) is 14.4 Å². The van der Waals surface area contributed by atoms with Gasteiger partial charge in [0.25, 0.3) is 0 Å². The molecule has 0 aliphatic carbocycles. The third-order valence-electron chi connectivity index (χ3n) is 4.89. The molecule has 0 aliphatic heterocycles. The van der Waals surface area contributed by atoms with Crippen LogP contribution in [0.5, 0.6) is 0 Å². The summed E-state index contributed by atoms with van der Waals surface area (Å²) in [6, 6.07) is -3.59. The Bertz CT molecular complexity index is 579. The molecule has 9 nitrogen and oxygen atoms in total. The molecule has 0 saturated carbocycles. The number of carboxylic acids is 1. The van der Waals surface area contributed by atoms with E-state index in [0.717, 1.165) is 0 Å². The van der Waals surface area contributed by atoms with Crippen LogP contribution >= 0.6 is 0 Å². The molecule has 0 spiro atoms. The fraction of sp³-hybridized carbons (Fsp3) is 0.800. The standard InChI is InChI=1S/C20H38N4O5/c1-8-12(6)16(19(27)23-14(20(28)29)9-10(2)3)24-17(25)13(7)22-18(26)15(21)11(4)5/h10-16H,8-9,21H2,1-7H3,(H,22,26)(H,23,27)(H,24,25)(H,28,29). The first-order valence-electron chi connectivity index (χ1n) is 10.2. The third-order valence-corrected chi connectivity index (χ3v) is 4.89. The van der Waals surface area contributed by atoms with Crippen LogP contribution in [0.4, 0.5) is 0 Å². The van der Waals surface area contributed by atoms with Crippen LogP contribution in [-0.4, -0.2) is 53.0 Å². The molecule has 5 unspecified atom stereocenters. The average molecular weight is 415 g/mol. The summed E-state index contributed by atoms with van der Waals surface area (Å²) in [6.45, 7) is 12.5. The van der Waals surface area contributed by atoms with Crippen LogP contribution in [0.1, 0.15) is 61.3 Å². The molecular weight excluding hydrogens is 376 g/mol. The summed E-state index contributed by atoms with van der Waals surface area (Å²) >= 11 is 0. The van der Waals surface area contributed by atoms with Crippen molar-refractivity contribution in [3.63, 3.8) is 0 Å². The number of carboxylic acid groups (broad SMARTS) is 1. The number of nitrogens with two attached hydrogens (primary N) is 1. The van der Waals surface area contributed by atoms with E-state index in [9.17, 15) is 24.3 Å². The van der Waals surface area contributed by atoms with Crippen molar-refractivity contribution in [2.24, 2.45) is 23.5 Å². The molecule has 3 amide bonds. The Balaban J connectivity index is 5.19. The van der Waals surface area contributed by atoms with Crippen molar-refractivity contribution in [3.05, 3.63) is 0 Å². The molecule has 0 bridgehead atoms. The van der Waals surface area contributed by atoms with Gasteiger partial charge in [-0.2, -0.15) is 0 Å². The molecule has 0 aromatic heterocycles. The SMILES string of the molecule is CCC(C)C(NC(=O)C(C)NC(=O)C(N)C(C)C)C(=O)NC(CC(C)C)C(=O)O. The van der Waals surface area contributed by atoms with Gasteiger partial charge in [0.15, 0.2) is 0 Å². The van der Waals surface area contributed by atoms with Crippen LogP contribution in [0.2, 0.25) is 0 Å². The van der Waals surface area contributed by atoms with E-state index in [0.29, 0.717) is 6.42 Å². The molecule has 5 atom stereocenters. The molecule has 0 fully saturated rings. The molecule has 0 aromatic carbocycles. The summed E-state index contributed by atoms with van der Waals surface area (Å²) in [5.41, 5.74) is 5.79. The molecule has 29 heavy (non-hydrogen) atoms. The first kappa shape index (κ1) is 26.8. The largest absolute Gasteiger partial charge is 0.480 e. The Hall–Kier alpha value is -2.16. The maximum absolute atomic E-state index is 12.7. The van der Waals surface area contributed by atoms with Gasteiger partial charge >= 0.3 is 5.97 Å². The Kier molecular flexibility index (Phi) is 11.5. The van der Waals surface area contributed by atoms with Gasteiger partial charge in [-0.15, -0.1) is 0 Å². The summed E-state index contributed by atoms with van der Waals surface area (Å²) in [7, 11) is 0. The van der Waals surface area contributed by atoms with E-state index in [4.69, 9.17) is 5.73 Å². The van der Waals surface area contributed by atoms with Crippen LogP contribution in [0.3, 0.4) is 0 Å². The first-order chi connectivity index (χ1) is 13.3. The molecule has 9 heteroatoms. The molecular formula is C20H38N4O5. The molecule has 6 N–H and O–H groups in total. The summed E-state index contributed by atoms with van der Waals surface area (Å²) in [4.78, 5) is 48.8. The number of carbonyl (C=O) groups excluding carboxylic acids is 3. The van der Waals surface area contributed by atoms with E-state index in [1.165, 1.54) is 6.92 Å². The van der Waals surface area contributed by atoms with Gasteiger partial charge in [0.05, 0.1) is 6.04 Å². The van der Waals surface area contributed by atoms with E-state index in [-0.39, 0.29) is 24.2 Å². The zero-order valence-corrected chi connectivity index (χ0v) is 18.6. The zero-order valence-electron chi connectivity index (χ0n) is 18.6. The van der Waals surface area contributed by atoms with Crippen molar-refractivity contribution >= 4 is 23.7 Å². The van der Waals surface area contributed by atoms with Gasteiger partial charge in [-0.1, -0.05) is 48.0 Å². The van der Waals surface area contributed by atoms with E-state index < -0.39 is 47.9 Å². The van der Waals surface area contributed by atoms with Crippen LogP contribution in [0, 0.1) is 17.8 Å². The predicted molar refractivity (Wildman–Crippen MR) is 111 cm³/mol. The Morgan fingerprint density at radius 3 is 1.83 bits per heavy atom. The van der Waals surface area contributed by atoms with Crippen LogP contribution in [-0.2, 0) is 19.2 Å². The highest BCUT2D eigenvalue weighted by molar-refractivity contribution is 5.94. The zero-order chi connectivity index (χ0) is 22.9. The highest BCUT2D eigenvalue weighted by atomic mass is 16.4. The normalized spacial score (nSPS) is 16.5. The summed E-state index contributed by atoms with van der Waals surface area (Å²) < 4.78 is 0. The predicted octanol–water partition coefficient (Wildman–Crippen LogP) is 0.621. The van der Waals surface area contributed by atoms with E-state index in [1.807, 2.05) is 20.8 Å². The molecule has 168 valence electrons. The minimum atomic E-state index is -1.12. The van der Waals surface area contributed by atoms with Crippen molar-refractivity contribution in [2.75, 3.05) is 0 Å². The van der Waals surface area contributed by atoms with Gasteiger partial charge in [0.2, 0.25) is 17.7 Å². The maximum Gasteiger partial charge on any atom is 0.326 e. The van der Waals surface area contributed by atoms with Crippen LogP contribution in [0.15, 0.2) is 0 Å². The van der Waals surface area contributed by atoms with Gasteiger partial charge in [-0.05, 0) is 31.1 Å². The monoisotopic (exact) mass is 414 g/mol. The number of aliphatic carboxylic acids is 1. The molecule has 0 rings (SSSR count). The van der Waals surface area contributed by atoms with Crippen molar-refractivity contribution in [1.82, 2.24) is 16.0 Å². The molecule has 0 aliphatic rings. The second-order valence-electron chi connectivity index (χ2n) is 8.40. The maximum atomic E-state index is 12.7. The Labute approximate surface area is 173 Å². The minimum Gasteiger partial charge on any atom is -0.480 e. The lowest BCUT2D eigenvalue weighted by molar-refractivity contribution is -0.143. The first-order valence-corrected chi connectivity index (χ1v) is 10.2. The lowest BCUT2D eigenvalue weighted by atomic mass is 9.96. The Morgan fingerprint density at radius 1 is 0.862 bits per heavy atom. The fourth-order valence-electron chi connectivity index (χ4n) is 2.61. The summed E-state index contributed by atoms with van der Waals surface area (Å²) in [5.74, 6) is -2.90. The van der Waals surface area contributed by atoms with Gasteiger partial charge in [0.1, 0.15) is 18.1 Å². The summed E-state index contributed by atoms with van der Waals surface area (Å²) in [6.07, 6.45) is 0.876. The molecule has 0 heterocycles. The second-order valence-corrected chi connectivity index (χ2v) is 8.40. The van der Waals surface area contributed by atoms with E-state index in [1.54, 1.807) is 20.8 Å².